The molecule has 2 aromatic carbocycles. The minimum Gasteiger partial charge on any atom is -0.508 e. The molecule has 26 heavy (non-hydrogen) atoms. The van der Waals surface area contributed by atoms with Gasteiger partial charge >= 0.3 is 0 Å². The van der Waals surface area contributed by atoms with E-state index < -0.39 is 0 Å². The molecule has 0 fully saturated rings. The van der Waals surface area contributed by atoms with Crippen molar-refractivity contribution in [1.82, 2.24) is 0 Å². The zero-order valence-electron chi connectivity index (χ0n) is 15.8. The van der Waals surface area contributed by atoms with Crippen LogP contribution in [0.1, 0.15) is 48.9 Å². The first kappa shape index (κ1) is 19.6. The quantitative estimate of drug-likeness (QED) is 0.435. The molecule has 2 heteroatoms. The Morgan fingerprint density at radius 2 is 1.15 bits per heavy atom. The smallest absolute Gasteiger partial charge is 0.119 e. The number of phenols is 2. The summed E-state index contributed by atoms with van der Waals surface area (Å²) >= 11 is 0. The molecule has 0 aliphatic carbocycles. The van der Waals surface area contributed by atoms with Crippen LogP contribution >= 0.6 is 0 Å². The lowest BCUT2D eigenvalue weighted by Gasteiger charge is -2.16. The van der Waals surface area contributed by atoms with Crippen LogP contribution in [-0.2, 0) is 12.8 Å². The van der Waals surface area contributed by atoms with Crippen LogP contribution in [0.5, 0.6) is 11.5 Å². The van der Waals surface area contributed by atoms with Crippen LogP contribution in [0.3, 0.4) is 0 Å². The van der Waals surface area contributed by atoms with E-state index >= 15 is 0 Å². The van der Waals surface area contributed by atoms with Gasteiger partial charge < -0.3 is 10.2 Å². The van der Waals surface area contributed by atoms with Crippen LogP contribution in [0.15, 0.2) is 61.7 Å². The summed E-state index contributed by atoms with van der Waals surface area (Å²) in [5.41, 5.74) is 6.53. The second-order valence-corrected chi connectivity index (χ2v) is 6.34. The van der Waals surface area contributed by atoms with Gasteiger partial charge in [-0.05, 0) is 83.3 Å². The third-order valence-corrected chi connectivity index (χ3v) is 4.66. The Bertz CT molecular complexity index is 759. The Balaban J connectivity index is 2.61. The average molecular weight is 348 g/mol. The van der Waals surface area contributed by atoms with Crippen LogP contribution in [0.25, 0.3) is 11.1 Å². The maximum Gasteiger partial charge on any atom is 0.119 e. The molecule has 0 bridgehead atoms. The molecule has 0 aliphatic rings. The highest BCUT2D eigenvalue weighted by Gasteiger charge is 2.12. The third kappa shape index (κ3) is 4.26. The number of rotatable bonds is 8. The molecule has 136 valence electrons. The Hall–Kier alpha value is -2.74. The van der Waals surface area contributed by atoms with Crippen molar-refractivity contribution in [3.63, 3.8) is 0 Å². The molecule has 0 amide bonds. The summed E-state index contributed by atoms with van der Waals surface area (Å²) in [6.45, 7) is 11.8. The number of aromatic hydroxyl groups is 2. The van der Waals surface area contributed by atoms with Gasteiger partial charge in [0.15, 0.2) is 0 Å². The molecule has 0 atom stereocenters. The summed E-state index contributed by atoms with van der Waals surface area (Å²) in [7, 11) is 0. The SMILES string of the molecule is C=CCc1cc(/C(CC)=C(/CC)c2ccc(O)c(CC=C)c2)ccc1O. The Kier molecular flexibility index (Phi) is 6.85. The van der Waals surface area contributed by atoms with Crippen molar-refractivity contribution < 1.29 is 10.2 Å². The van der Waals surface area contributed by atoms with E-state index in [0.29, 0.717) is 24.3 Å². The highest BCUT2D eigenvalue weighted by atomic mass is 16.3. The summed E-state index contributed by atoms with van der Waals surface area (Å²) in [6.07, 6.45) is 6.66. The minimum atomic E-state index is 0.306. The molecule has 2 rings (SSSR count). The highest BCUT2D eigenvalue weighted by molar-refractivity contribution is 5.91. The van der Waals surface area contributed by atoms with E-state index in [9.17, 15) is 10.2 Å². The van der Waals surface area contributed by atoms with Crippen molar-refractivity contribution in [2.24, 2.45) is 0 Å². The van der Waals surface area contributed by atoms with Gasteiger partial charge in [-0.25, -0.2) is 0 Å². The standard InChI is InChI=1S/C24H28O2/c1-5-9-19-15-17(11-13-23(19)25)21(7-3)22(8-4)18-12-14-24(26)20(16-18)10-6-2/h5-6,11-16,25-26H,1-2,7-10H2,3-4H3/b22-21-. The molecule has 0 saturated heterocycles. The summed E-state index contributed by atoms with van der Waals surface area (Å²) in [5, 5.41) is 20.1. The lowest BCUT2D eigenvalue weighted by atomic mass is 9.89. The molecular formula is C24H28O2. The first-order valence-corrected chi connectivity index (χ1v) is 9.13. The summed E-state index contributed by atoms with van der Waals surface area (Å²) in [6, 6.07) is 11.6. The van der Waals surface area contributed by atoms with E-state index in [-0.39, 0.29) is 0 Å². The predicted molar refractivity (Wildman–Crippen MR) is 111 cm³/mol. The first-order chi connectivity index (χ1) is 12.5. The number of hydrogen-bond donors (Lipinski definition) is 2. The molecule has 0 heterocycles. The van der Waals surface area contributed by atoms with Gasteiger partial charge in [0.25, 0.3) is 0 Å². The normalized spacial score (nSPS) is 11.8. The van der Waals surface area contributed by atoms with Crippen LogP contribution < -0.4 is 0 Å². The maximum absolute atomic E-state index is 10.1. The van der Waals surface area contributed by atoms with Crippen molar-refractivity contribution in [1.29, 1.82) is 0 Å². The zero-order valence-corrected chi connectivity index (χ0v) is 15.8. The van der Waals surface area contributed by atoms with Gasteiger partial charge in [-0.15, -0.1) is 13.2 Å². The molecular weight excluding hydrogens is 320 g/mol. The van der Waals surface area contributed by atoms with E-state index in [1.54, 1.807) is 24.3 Å². The second kappa shape index (κ2) is 9.10. The van der Waals surface area contributed by atoms with Crippen LogP contribution in [0.2, 0.25) is 0 Å². The van der Waals surface area contributed by atoms with Crippen molar-refractivity contribution in [2.75, 3.05) is 0 Å². The summed E-state index contributed by atoms with van der Waals surface area (Å²) < 4.78 is 0. The molecule has 2 N–H and O–H groups in total. The Morgan fingerprint density at radius 1 is 0.769 bits per heavy atom. The highest BCUT2D eigenvalue weighted by Crippen LogP contribution is 2.35. The van der Waals surface area contributed by atoms with E-state index in [1.165, 1.54) is 11.1 Å². The van der Waals surface area contributed by atoms with Crippen molar-refractivity contribution in [2.45, 2.75) is 39.5 Å². The van der Waals surface area contributed by atoms with Gasteiger partial charge in [0.2, 0.25) is 0 Å². The molecule has 2 nitrogen and oxygen atoms in total. The molecule has 0 unspecified atom stereocenters. The summed E-state index contributed by atoms with van der Waals surface area (Å²) in [4.78, 5) is 0. The Morgan fingerprint density at radius 3 is 1.46 bits per heavy atom. The van der Waals surface area contributed by atoms with Crippen molar-refractivity contribution in [3.05, 3.63) is 84.0 Å². The zero-order chi connectivity index (χ0) is 19.1. The van der Waals surface area contributed by atoms with E-state index in [0.717, 1.165) is 35.1 Å². The molecule has 0 saturated carbocycles. The van der Waals surface area contributed by atoms with Gasteiger partial charge in [0.1, 0.15) is 11.5 Å². The average Bonchev–Trinajstić information content (AvgIpc) is 2.64. The van der Waals surface area contributed by atoms with Gasteiger partial charge in [0, 0.05) is 0 Å². The topological polar surface area (TPSA) is 40.5 Å². The molecule has 0 aromatic heterocycles. The van der Waals surface area contributed by atoms with Crippen LogP contribution in [-0.4, -0.2) is 10.2 Å². The van der Waals surface area contributed by atoms with E-state index in [2.05, 4.69) is 39.1 Å². The summed E-state index contributed by atoms with van der Waals surface area (Å²) in [5.74, 6) is 0.611. The van der Waals surface area contributed by atoms with Gasteiger partial charge in [-0.3, -0.25) is 0 Å². The fourth-order valence-corrected chi connectivity index (χ4v) is 3.37. The predicted octanol–water partition coefficient (Wildman–Crippen LogP) is 6.29. The fourth-order valence-electron chi connectivity index (χ4n) is 3.37. The largest absolute Gasteiger partial charge is 0.508 e. The number of benzene rings is 2. The maximum atomic E-state index is 10.1. The van der Waals surface area contributed by atoms with Gasteiger partial charge in [0.05, 0.1) is 0 Å². The Labute approximate surface area is 156 Å². The van der Waals surface area contributed by atoms with Crippen LogP contribution in [0.4, 0.5) is 0 Å². The van der Waals surface area contributed by atoms with E-state index in [4.69, 9.17) is 0 Å². The molecule has 0 aliphatic heterocycles. The third-order valence-electron chi connectivity index (χ3n) is 4.66. The molecule has 0 radical (unpaired) electrons. The van der Waals surface area contributed by atoms with E-state index in [1.807, 2.05) is 12.1 Å². The first-order valence-electron chi connectivity index (χ1n) is 9.13. The molecule has 0 spiro atoms. The van der Waals surface area contributed by atoms with Gasteiger partial charge in [-0.2, -0.15) is 0 Å². The number of phenolic OH excluding ortho intramolecular Hbond substituents is 2. The lowest BCUT2D eigenvalue weighted by molar-refractivity contribution is 0.469. The van der Waals surface area contributed by atoms with Gasteiger partial charge in [-0.1, -0.05) is 38.1 Å². The monoisotopic (exact) mass is 348 g/mol. The number of allylic oxidation sites excluding steroid dienone is 4. The lowest BCUT2D eigenvalue weighted by Crippen LogP contribution is -1.95. The fraction of sp³-hybridized carbons (Fsp3) is 0.250. The molecule has 2 aromatic rings. The van der Waals surface area contributed by atoms with Crippen molar-refractivity contribution in [3.8, 4) is 11.5 Å². The minimum absolute atomic E-state index is 0.306. The number of hydrogen-bond acceptors (Lipinski definition) is 2. The van der Waals surface area contributed by atoms with Crippen molar-refractivity contribution >= 4 is 11.1 Å². The second-order valence-electron chi connectivity index (χ2n) is 6.34. The van der Waals surface area contributed by atoms with Crippen LogP contribution in [0, 0.1) is 0 Å².